The third-order valence-electron chi connectivity index (χ3n) is 3.77. The quantitative estimate of drug-likeness (QED) is 0.235. The second-order valence-corrected chi connectivity index (χ2v) is 9.39. The zero-order valence-electron chi connectivity index (χ0n) is 15.1. The van der Waals surface area contributed by atoms with E-state index in [4.69, 9.17) is 5.73 Å². The number of urea groups is 1. The van der Waals surface area contributed by atoms with Gasteiger partial charge in [-0.3, -0.25) is 0 Å². The van der Waals surface area contributed by atoms with Gasteiger partial charge < -0.3 is 10.7 Å². The molecule has 139 valence electrons. The first-order valence-corrected chi connectivity index (χ1v) is 11.2. The van der Waals surface area contributed by atoms with Crippen molar-refractivity contribution < 1.29 is 4.79 Å². The number of hydrogen-bond acceptors (Lipinski definition) is 2. The Bertz CT molecular complexity index is 1010. The van der Waals surface area contributed by atoms with Gasteiger partial charge in [-0.15, -0.1) is 0 Å². The minimum absolute atomic E-state index is 0.335. The Morgan fingerprint density at radius 3 is 2.07 bits per heavy atom. The van der Waals surface area contributed by atoms with Crippen LogP contribution in [0, 0.1) is 0 Å². The van der Waals surface area contributed by atoms with Gasteiger partial charge in [0.05, 0.1) is 6.21 Å². The van der Waals surface area contributed by atoms with Gasteiger partial charge in [-0.2, -0.15) is 5.10 Å². The Kier molecular flexibility index (Phi) is 7.27. The molecule has 1 heterocycles. The molecular weight excluding hydrogens is 458 g/mol. The van der Waals surface area contributed by atoms with Crippen molar-refractivity contribution in [3.05, 3.63) is 96.7 Å². The summed E-state index contributed by atoms with van der Waals surface area (Å²) in [4.78, 5) is 13.5. The standard InChI is InChI=1S/C10H10N4O.2C6H5.Sb/c11-10(15)14-13-6-7-5-12-9-4-2-1-3-8(7)9;2*1-2-4-6-5-3-1;/h1-6,12H,(H3,11,14,15);2*1-5H;/b13-6+;;;. The number of aromatic nitrogens is 1. The number of rotatable bonds is 4. The second-order valence-electron chi connectivity index (χ2n) is 5.81. The summed E-state index contributed by atoms with van der Waals surface area (Å²) in [5.41, 5.74) is 8.94. The number of nitrogens with two attached hydrogens (primary N) is 1. The van der Waals surface area contributed by atoms with Crippen LogP contribution in [0.5, 0.6) is 0 Å². The molecular formula is C22H20N4OSb. The molecule has 1 aromatic heterocycles. The summed E-state index contributed by atoms with van der Waals surface area (Å²) in [5.74, 6) is 0. The molecule has 0 aliphatic carbocycles. The number of carbonyl (C=O) groups is 1. The molecule has 4 aromatic rings. The maximum absolute atomic E-state index is 10.4. The van der Waals surface area contributed by atoms with Crippen LogP contribution in [0.25, 0.3) is 10.9 Å². The Morgan fingerprint density at radius 1 is 0.893 bits per heavy atom. The monoisotopic (exact) mass is 477 g/mol. The molecule has 5 nitrogen and oxygen atoms in total. The maximum atomic E-state index is 10.4. The van der Waals surface area contributed by atoms with Gasteiger partial charge in [-0.25, -0.2) is 10.2 Å². The van der Waals surface area contributed by atoms with Crippen molar-refractivity contribution >= 4 is 51.8 Å². The summed E-state index contributed by atoms with van der Waals surface area (Å²) in [6.45, 7) is 0. The van der Waals surface area contributed by atoms with E-state index in [1.807, 2.05) is 30.5 Å². The van der Waals surface area contributed by atoms with Gasteiger partial charge >= 0.3 is 95.3 Å². The Labute approximate surface area is 174 Å². The Morgan fingerprint density at radius 2 is 1.46 bits per heavy atom. The molecule has 4 rings (SSSR count). The van der Waals surface area contributed by atoms with Crippen LogP contribution in [0.3, 0.4) is 0 Å². The number of benzene rings is 3. The van der Waals surface area contributed by atoms with Gasteiger partial charge in [-0.05, 0) is 6.07 Å². The number of nitrogens with one attached hydrogen (secondary N) is 2. The average Bonchev–Trinajstić information content (AvgIpc) is 3.13. The molecule has 2 amide bonds. The Balaban J connectivity index is 0.000000162. The molecule has 0 saturated heterocycles. The predicted octanol–water partition coefficient (Wildman–Crippen LogP) is 2.51. The number of primary amides is 1. The molecule has 6 heteroatoms. The van der Waals surface area contributed by atoms with Crippen molar-refractivity contribution in [3.63, 3.8) is 0 Å². The summed E-state index contributed by atoms with van der Waals surface area (Å²) < 4.78 is 3.04. The summed E-state index contributed by atoms with van der Waals surface area (Å²) in [5, 5.41) is 4.74. The van der Waals surface area contributed by atoms with Gasteiger partial charge in [0.2, 0.25) is 0 Å². The number of nitrogens with zero attached hydrogens (tertiary/aromatic N) is 1. The summed E-state index contributed by atoms with van der Waals surface area (Å²) in [7, 11) is 0. The van der Waals surface area contributed by atoms with Gasteiger partial charge in [-0.1, -0.05) is 18.2 Å². The summed E-state index contributed by atoms with van der Waals surface area (Å²) in [6, 6.07) is 28.7. The third kappa shape index (κ3) is 6.00. The molecule has 28 heavy (non-hydrogen) atoms. The molecule has 0 aliphatic heterocycles. The molecule has 1 radical (unpaired) electrons. The fraction of sp³-hybridized carbons (Fsp3) is 0. The molecule has 0 bridgehead atoms. The van der Waals surface area contributed by atoms with Gasteiger partial charge in [0.1, 0.15) is 0 Å². The first kappa shape index (κ1) is 19.7. The van der Waals surface area contributed by atoms with Crippen LogP contribution >= 0.6 is 0 Å². The fourth-order valence-electron chi connectivity index (χ4n) is 2.52. The van der Waals surface area contributed by atoms with Crippen molar-refractivity contribution in [1.82, 2.24) is 10.4 Å². The first-order chi connectivity index (χ1) is 13.7. The Hall–Kier alpha value is -3.04. The zero-order valence-corrected chi connectivity index (χ0v) is 17.7. The van der Waals surface area contributed by atoms with Crippen LogP contribution in [0.4, 0.5) is 4.79 Å². The summed E-state index contributed by atoms with van der Waals surface area (Å²) in [6.07, 6.45) is 3.36. The number of fused-ring (bicyclic) bond motifs is 1. The fourth-order valence-corrected chi connectivity index (χ4v) is 5.20. The number of amides is 2. The number of hydrogen-bond donors (Lipinski definition) is 3. The van der Waals surface area contributed by atoms with Gasteiger partial charge in [0.15, 0.2) is 0 Å². The van der Waals surface area contributed by atoms with Gasteiger partial charge in [0, 0.05) is 22.7 Å². The van der Waals surface area contributed by atoms with E-state index < -0.39 is 6.03 Å². The van der Waals surface area contributed by atoms with E-state index in [0.717, 1.165) is 16.5 Å². The molecule has 0 atom stereocenters. The molecule has 0 spiro atoms. The van der Waals surface area contributed by atoms with Crippen molar-refractivity contribution in [3.8, 4) is 0 Å². The minimum atomic E-state index is -0.675. The number of H-pyrrole nitrogens is 1. The first-order valence-electron chi connectivity index (χ1n) is 8.69. The molecule has 4 N–H and O–H groups in total. The van der Waals surface area contributed by atoms with Crippen LogP contribution in [0.2, 0.25) is 0 Å². The number of aromatic amines is 1. The second kappa shape index (κ2) is 10.3. The van der Waals surface area contributed by atoms with Gasteiger partial charge in [0.25, 0.3) is 0 Å². The number of carbonyl (C=O) groups excluding carboxylic acids is 1. The molecule has 0 fully saturated rings. The van der Waals surface area contributed by atoms with E-state index in [1.165, 1.54) is 7.02 Å². The topological polar surface area (TPSA) is 83.3 Å². The molecule has 0 aliphatic rings. The SMILES string of the molecule is NC(=O)N/N=C/c1c[nH]c2ccccc12.c1cc[c]([Sb][c]2ccccc2)cc1. The zero-order chi connectivity index (χ0) is 19.6. The van der Waals surface area contributed by atoms with Crippen LogP contribution in [-0.4, -0.2) is 38.8 Å². The van der Waals surface area contributed by atoms with Crippen molar-refractivity contribution in [1.29, 1.82) is 0 Å². The predicted molar refractivity (Wildman–Crippen MR) is 117 cm³/mol. The van der Waals surface area contributed by atoms with E-state index in [-0.39, 0.29) is 21.6 Å². The van der Waals surface area contributed by atoms with Crippen molar-refractivity contribution in [2.75, 3.05) is 0 Å². The molecule has 3 aromatic carbocycles. The van der Waals surface area contributed by atoms with Crippen LogP contribution in [-0.2, 0) is 0 Å². The van der Waals surface area contributed by atoms with E-state index in [2.05, 4.69) is 76.2 Å². The van der Waals surface area contributed by atoms with E-state index >= 15 is 0 Å². The van der Waals surface area contributed by atoms with Crippen LogP contribution in [0.1, 0.15) is 5.56 Å². The number of para-hydroxylation sites is 1. The summed E-state index contributed by atoms with van der Waals surface area (Å²) >= 11 is -0.335. The van der Waals surface area contributed by atoms with Crippen molar-refractivity contribution in [2.24, 2.45) is 10.8 Å². The van der Waals surface area contributed by atoms with E-state index in [9.17, 15) is 4.79 Å². The molecule has 0 saturated carbocycles. The number of hydrazone groups is 1. The van der Waals surface area contributed by atoms with Crippen molar-refractivity contribution in [2.45, 2.75) is 0 Å². The average molecular weight is 478 g/mol. The molecule has 0 unspecified atom stereocenters. The van der Waals surface area contributed by atoms with Crippen LogP contribution < -0.4 is 18.2 Å². The van der Waals surface area contributed by atoms with Crippen LogP contribution in [0.15, 0.2) is 96.2 Å². The van der Waals surface area contributed by atoms with E-state index in [1.54, 1.807) is 6.21 Å². The third-order valence-corrected chi connectivity index (χ3v) is 6.95. The van der Waals surface area contributed by atoms with E-state index in [0.29, 0.717) is 0 Å². The normalized spacial score (nSPS) is 10.4.